The van der Waals surface area contributed by atoms with Gasteiger partial charge in [-0.15, -0.1) is 0 Å². The second-order valence-corrected chi connectivity index (χ2v) is 7.45. The number of aliphatic hydroxyl groups is 2. The van der Waals surface area contributed by atoms with Gasteiger partial charge in [0.1, 0.15) is 0 Å². The maximum absolute atomic E-state index is 12.8. The van der Waals surface area contributed by atoms with Gasteiger partial charge < -0.3 is 15.5 Å². The molecule has 5 nitrogen and oxygen atoms in total. The predicted octanol–water partition coefficient (Wildman–Crippen LogP) is 3.16. The topological polar surface area (TPSA) is 86.6 Å². The molecule has 0 spiro atoms. The smallest absolute Gasteiger partial charge is 0.217 e. The van der Waals surface area contributed by atoms with E-state index in [2.05, 4.69) is 5.32 Å². The van der Waals surface area contributed by atoms with Crippen LogP contribution < -0.4 is 5.32 Å². The van der Waals surface area contributed by atoms with Crippen LogP contribution in [0.5, 0.6) is 0 Å². The molecule has 0 unspecified atom stereocenters. The molecule has 0 saturated heterocycles. The molecule has 0 aromatic carbocycles. The zero-order valence-corrected chi connectivity index (χ0v) is 17.5. The van der Waals surface area contributed by atoms with Crippen molar-refractivity contribution in [2.75, 3.05) is 0 Å². The van der Waals surface area contributed by atoms with Gasteiger partial charge in [-0.1, -0.05) is 60.6 Å². The van der Waals surface area contributed by atoms with Crippen LogP contribution in [0.15, 0.2) is 59.3 Å². The van der Waals surface area contributed by atoms with Crippen LogP contribution in [0.3, 0.4) is 0 Å². The summed E-state index contributed by atoms with van der Waals surface area (Å²) < 4.78 is 0. The second kappa shape index (κ2) is 11.6. The fraction of sp³-hybridized carbons (Fsp3) is 0.478. The van der Waals surface area contributed by atoms with E-state index in [1.807, 2.05) is 32.1 Å². The Bertz CT molecular complexity index is 712. The van der Waals surface area contributed by atoms with E-state index in [0.717, 1.165) is 11.1 Å². The molecule has 0 fully saturated rings. The standard InChI is InChI=1S/C23H33NO4/c1-15-6-10-20(26)12-8-16(2)14-22(24-19(5)25)18(4)23(28)17(3)9-13-21(27)11-7-15/h6-9,11-12,14,18,20-22,26-27H,10,13H2,1-5H3,(H,24,25)/b11-7-,12-8+,15-6-,16-14-,17-9-/t18-,20-,21-,22+/m1/s1. The molecular formula is C23H33NO4. The fourth-order valence-corrected chi connectivity index (χ4v) is 2.86. The van der Waals surface area contributed by atoms with E-state index in [4.69, 9.17) is 0 Å². The van der Waals surface area contributed by atoms with E-state index in [9.17, 15) is 19.8 Å². The van der Waals surface area contributed by atoms with E-state index >= 15 is 0 Å². The molecule has 0 aromatic heterocycles. The number of hydrogen-bond donors (Lipinski definition) is 3. The largest absolute Gasteiger partial charge is 0.389 e. The van der Waals surface area contributed by atoms with Crippen LogP contribution >= 0.6 is 0 Å². The summed E-state index contributed by atoms with van der Waals surface area (Å²) in [5.41, 5.74) is 2.35. The zero-order chi connectivity index (χ0) is 21.3. The molecule has 0 radical (unpaired) electrons. The lowest BCUT2D eigenvalue weighted by atomic mass is 9.90. The number of hydrogen-bond acceptors (Lipinski definition) is 4. The molecule has 1 aliphatic carbocycles. The summed E-state index contributed by atoms with van der Waals surface area (Å²) in [5, 5.41) is 23.1. The highest BCUT2D eigenvalue weighted by atomic mass is 16.3. The van der Waals surface area contributed by atoms with Gasteiger partial charge >= 0.3 is 0 Å². The Morgan fingerprint density at radius 3 is 2.11 bits per heavy atom. The average molecular weight is 388 g/mol. The fourth-order valence-electron chi connectivity index (χ4n) is 2.86. The molecule has 3 N–H and O–H groups in total. The summed E-state index contributed by atoms with van der Waals surface area (Å²) in [6.07, 6.45) is 11.9. The van der Waals surface area contributed by atoms with E-state index in [-0.39, 0.29) is 11.7 Å². The van der Waals surface area contributed by atoms with Gasteiger partial charge in [-0.3, -0.25) is 9.59 Å². The molecule has 5 heteroatoms. The molecule has 1 aliphatic rings. The first-order chi connectivity index (χ1) is 13.1. The molecule has 28 heavy (non-hydrogen) atoms. The lowest BCUT2D eigenvalue weighted by Gasteiger charge is -2.22. The molecule has 4 atom stereocenters. The molecule has 1 rings (SSSR count). The summed E-state index contributed by atoms with van der Waals surface area (Å²) in [6.45, 7) is 8.70. The highest BCUT2D eigenvalue weighted by molar-refractivity contribution is 5.97. The summed E-state index contributed by atoms with van der Waals surface area (Å²) in [4.78, 5) is 24.4. The van der Waals surface area contributed by atoms with Crippen molar-refractivity contribution in [2.45, 2.75) is 65.7 Å². The Kier molecular flexibility index (Phi) is 9.83. The highest BCUT2D eigenvalue weighted by Crippen LogP contribution is 2.16. The number of rotatable bonds is 1. The minimum absolute atomic E-state index is 0.0802. The van der Waals surface area contributed by atoms with Crippen molar-refractivity contribution in [1.29, 1.82) is 0 Å². The van der Waals surface area contributed by atoms with Crippen LogP contribution in [0, 0.1) is 5.92 Å². The Balaban J connectivity index is 3.26. The van der Waals surface area contributed by atoms with Crippen LogP contribution in [0.4, 0.5) is 0 Å². The number of nitrogens with one attached hydrogen (secondary N) is 1. The van der Waals surface area contributed by atoms with Crippen LogP contribution in [0.2, 0.25) is 0 Å². The van der Waals surface area contributed by atoms with Crippen molar-refractivity contribution in [3.05, 3.63) is 59.3 Å². The number of allylic oxidation sites excluding steroid dienone is 5. The van der Waals surface area contributed by atoms with Crippen molar-refractivity contribution in [3.63, 3.8) is 0 Å². The number of aliphatic hydroxyl groups excluding tert-OH is 2. The lowest BCUT2D eigenvalue weighted by molar-refractivity contribution is -0.121. The highest BCUT2D eigenvalue weighted by Gasteiger charge is 2.24. The molecular weight excluding hydrogens is 354 g/mol. The van der Waals surface area contributed by atoms with Crippen LogP contribution in [-0.4, -0.2) is 40.2 Å². The summed E-state index contributed by atoms with van der Waals surface area (Å²) in [6, 6.07) is -0.460. The van der Waals surface area contributed by atoms with E-state index in [1.165, 1.54) is 6.92 Å². The quantitative estimate of drug-likeness (QED) is 0.645. The van der Waals surface area contributed by atoms with Crippen molar-refractivity contribution < 1.29 is 19.8 Å². The van der Waals surface area contributed by atoms with Gasteiger partial charge in [-0.2, -0.15) is 0 Å². The van der Waals surface area contributed by atoms with E-state index in [1.54, 1.807) is 38.2 Å². The van der Waals surface area contributed by atoms with Crippen LogP contribution in [0.25, 0.3) is 0 Å². The van der Waals surface area contributed by atoms with E-state index < -0.39 is 24.2 Å². The van der Waals surface area contributed by atoms with Gasteiger partial charge in [-0.25, -0.2) is 0 Å². The molecule has 154 valence electrons. The van der Waals surface area contributed by atoms with Crippen molar-refractivity contribution in [1.82, 2.24) is 5.32 Å². The maximum Gasteiger partial charge on any atom is 0.217 e. The number of carbonyl (C=O) groups is 2. The predicted molar refractivity (Wildman–Crippen MR) is 113 cm³/mol. The Morgan fingerprint density at radius 1 is 1.00 bits per heavy atom. The zero-order valence-electron chi connectivity index (χ0n) is 17.5. The summed E-state index contributed by atoms with van der Waals surface area (Å²) >= 11 is 0. The number of amides is 1. The maximum atomic E-state index is 12.8. The van der Waals surface area contributed by atoms with Crippen LogP contribution in [-0.2, 0) is 9.59 Å². The number of ketones is 1. The normalized spacial score (nSPS) is 36.0. The van der Waals surface area contributed by atoms with Gasteiger partial charge in [-0.05, 0) is 39.2 Å². The van der Waals surface area contributed by atoms with Gasteiger partial charge in [0.2, 0.25) is 5.91 Å². The SMILES string of the molecule is CC(=O)N[C@H]1/C=C(C)\C=C\[C@H](O)C/C=C(C)\C=C/[C@@H](O)C/C=C(/C)C(=O)[C@@H]1C. The van der Waals surface area contributed by atoms with Crippen LogP contribution in [0.1, 0.15) is 47.5 Å². The van der Waals surface area contributed by atoms with Gasteiger partial charge in [0, 0.05) is 12.8 Å². The third-order valence-electron chi connectivity index (χ3n) is 4.66. The molecule has 0 bridgehead atoms. The molecule has 0 heterocycles. The lowest BCUT2D eigenvalue weighted by Crippen LogP contribution is -2.40. The Labute approximate surface area is 168 Å². The summed E-state index contributed by atoms with van der Waals surface area (Å²) in [7, 11) is 0. The third-order valence-corrected chi connectivity index (χ3v) is 4.66. The minimum atomic E-state index is -0.699. The first kappa shape index (κ1) is 23.8. The first-order valence-electron chi connectivity index (χ1n) is 9.66. The molecule has 0 aromatic rings. The molecule has 0 aliphatic heterocycles. The Hall–Kier alpha value is -2.24. The third kappa shape index (κ3) is 8.63. The summed E-state index contributed by atoms with van der Waals surface area (Å²) in [5.74, 6) is -0.754. The van der Waals surface area contributed by atoms with Gasteiger partial charge in [0.25, 0.3) is 0 Å². The molecule has 1 amide bonds. The number of Topliss-reactive ketones (excluding diaryl/α,β-unsaturated/α-hetero) is 1. The van der Waals surface area contributed by atoms with E-state index in [0.29, 0.717) is 18.4 Å². The monoisotopic (exact) mass is 387 g/mol. The Morgan fingerprint density at radius 2 is 1.54 bits per heavy atom. The van der Waals surface area contributed by atoms with Gasteiger partial charge in [0.15, 0.2) is 5.78 Å². The van der Waals surface area contributed by atoms with Crippen molar-refractivity contribution in [2.24, 2.45) is 5.92 Å². The average Bonchev–Trinajstić information content (AvgIpc) is 2.64. The van der Waals surface area contributed by atoms with Crippen molar-refractivity contribution >= 4 is 11.7 Å². The van der Waals surface area contributed by atoms with Crippen molar-refractivity contribution in [3.8, 4) is 0 Å². The van der Waals surface area contributed by atoms with Gasteiger partial charge in [0.05, 0.1) is 18.2 Å². The molecule has 0 saturated carbocycles. The minimum Gasteiger partial charge on any atom is -0.389 e. The number of carbonyl (C=O) groups excluding carboxylic acids is 2. The first-order valence-corrected chi connectivity index (χ1v) is 9.66. The second-order valence-electron chi connectivity index (χ2n) is 7.45.